The zero-order valence-electron chi connectivity index (χ0n) is 16.0. The normalized spacial score (nSPS) is 30.3. The van der Waals surface area contributed by atoms with Crippen molar-refractivity contribution in [1.82, 2.24) is 9.78 Å². The fourth-order valence-corrected chi connectivity index (χ4v) is 4.47. The van der Waals surface area contributed by atoms with Gasteiger partial charge in [-0.15, -0.1) is 0 Å². The second-order valence-electron chi connectivity index (χ2n) is 8.61. The molecular formula is C21H26N2O4. The molecular weight excluding hydrogens is 344 g/mol. The molecule has 0 radical (unpaired) electrons. The number of esters is 1. The molecule has 0 amide bonds. The number of hydrogen-bond donors (Lipinski definition) is 0. The Kier molecular flexibility index (Phi) is 3.76. The van der Waals surface area contributed by atoms with Crippen LogP contribution in [0.25, 0.3) is 10.9 Å². The molecule has 0 N–H and O–H groups in total. The lowest BCUT2D eigenvalue weighted by Crippen LogP contribution is -2.54. The van der Waals surface area contributed by atoms with Crippen molar-refractivity contribution in [1.29, 1.82) is 0 Å². The molecule has 1 aromatic carbocycles. The molecule has 0 spiro atoms. The van der Waals surface area contributed by atoms with E-state index in [0.29, 0.717) is 17.9 Å². The van der Waals surface area contributed by atoms with E-state index in [4.69, 9.17) is 19.3 Å². The fraction of sp³-hybridized carbons (Fsp3) is 0.619. The number of nitrogens with zero attached hydrogens (tertiary/aromatic N) is 2. The lowest BCUT2D eigenvalue weighted by Gasteiger charge is -2.51. The zero-order chi connectivity index (χ0) is 18.6. The number of methoxy groups -OCH3 is 1. The van der Waals surface area contributed by atoms with Gasteiger partial charge in [0.25, 0.3) is 0 Å². The van der Waals surface area contributed by atoms with Crippen molar-refractivity contribution in [2.75, 3.05) is 13.7 Å². The molecule has 6 nitrogen and oxygen atoms in total. The van der Waals surface area contributed by atoms with Gasteiger partial charge in [0.1, 0.15) is 11.3 Å². The van der Waals surface area contributed by atoms with E-state index in [1.807, 2.05) is 18.3 Å². The molecule has 144 valence electrons. The lowest BCUT2D eigenvalue weighted by atomic mass is 9.72. The summed E-state index contributed by atoms with van der Waals surface area (Å²) >= 11 is 0. The molecule has 0 unspecified atom stereocenters. The summed E-state index contributed by atoms with van der Waals surface area (Å²) in [6, 6.07) is 3.75. The summed E-state index contributed by atoms with van der Waals surface area (Å²) in [4.78, 5) is 12.3. The first-order valence-corrected chi connectivity index (χ1v) is 9.93. The van der Waals surface area contributed by atoms with Gasteiger partial charge < -0.3 is 14.2 Å². The van der Waals surface area contributed by atoms with Crippen LogP contribution in [0, 0.1) is 0 Å². The highest BCUT2D eigenvalue weighted by Gasteiger charge is 2.49. The van der Waals surface area contributed by atoms with Gasteiger partial charge in [0, 0.05) is 17.6 Å². The van der Waals surface area contributed by atoms with Crippen molar-refractivity contribution in [2.45, 2.75) is 69.1 Å². The molecule has 2 bridgehead atoms. The number of fused-ring (bicyclic) bond motifs is 4. The highest BCUT2D eigenvalue weighted by molar-refractivity contribution is 5.97. The number of aromatic nitrogens is 2. The Hall–Kier alpha value is -2.08. The summed E-state index contributed by atoms with van der Waals surface area (Å²) in [5, 5.41) is 5.80. The average Bonchev–Trinajstić information content (AvgIpc) is 3.08. The third kappa shape index (κ3) is 2.73. The zero-order valence-corrected chi connectivity index (χ0v) is 16.0. The van der Waals surface area contributed by atoms with E-state index >= 15 is 0 Å². The van der Waals surface area contributed by atoms with E-state index in [1.54, 1.807) is 0 Å². The first-order valence-electron chi connectivity index (χ1n) is 9.93. The number of benzene rings is 1. The van der Waals surface area contributed by atoms with Crippen molar-refractivity contribution in [3.05, 3.63) is 23.9 Å². The quantitative estimate of drug-likeness (QED) is 0.766. The second-order valence-corrected chi connectivity index (χ2v) is 8.61. The van der Waals surface area contributed by atoms with Gasteiger partial charge in [-0.1, -0.05) is 0 Å². The summed E-state index contributed by atoms with van der Waals surface area (Å²) in [5.74, 6) is 0.212. The SMILES string of the molecule is COC(=O)c1cc2cn(C34CCC(C)(CC3)OC4)nc2cc1OC1CCC1. The molecule has 2 aliphatic carbocycles. The Morgan fingerprint density at radius 1 is 1.26 bits per heavy atom. The number of rotatable bonds is 4. The van der Waals surface area contributed by atoms with Gasteiger partial charge in [0.2, 0.25) is 0 Å². The van der Waals surface area contributed by atoms with Crippen molar-refractivity contribution < 1.29 is 19.0 Å². The Balaban J connectivity index is 1.54. The lowest BCUT2D eigenvalue weighted by molar-refractivity contribution is -0.169. The summed E-state index contributed by atoms with van der Waals surface area (Å²) < 4.78 is 19.2. The molecule has 2 saturated heterocycles. The molecule has 6 heteroatoms. The van der Waals surface area contributed by atoms with Crippen LogP contribution in [0.5, 0.6) is 5.75 Å². The standard InChI is InChI=1S/C21H26N2O4/c1-20-6-8-21(9-7-20,13-26-20)23-12-14-10-16(19(24)25-2)18(11-17(14)22-23)27-15-4-3-5-15/h10-12,15H,3-9,13H2,1-2H3. The second kappa shape index (κ2) is 5.96. The van der Waals surface area contributed by atoms with Crippen molar-refractivity contribution in [3.8, 4) is 5.75 Å². The highest BCUT2D eigenvalue weighted by atomic mass is 16.5. The molecule has 2 saturated carbocycles. The van der Waals surface area contributed by atoms with Crippen LogP contribution >= 0.6 is 0 Å². The minimum absolute atomic E-state index is 0.0379. The molecule has 4 fully saturated rings. The third-order valence-electron chi connectivity index (χ3n) is 6.77. The highest BCUT2D eigenvalue weighted by Crippen LogP contribution is 2.47. The van der Waals surface area contributed by atoms with Crippen LogP contribution in [0.3, 0.4) is 0 Å². The summed E-state index contributed by atoms with van der Waals surface area (Å²) in [6.07, 6.45) is 9.76. The maximum absolute atomic E-state index is 12.3. The van der Waals surface area contributed by atoms with Gasteiger partial charge in [0.05, 0.1) is 36.5 Å². The van der Waals surface area contributed by atoms with Crippen LogP contribution < -0.4 is 4.74 Å². The number of carbonyl (C=O) groups excluding carboxylic acids is 1. The molecule has 4 aliphatic rings. The van der Waals surface area contributed by atoms with Gasteiger partial charge >= 0.3 is 5.97 Å². The largest absolute Gasteiger partial charge is 0.489 e. The molecule has 6 rings (SSSR count). The Morgan fingerprint density at radius 2 is 2.04 bits per heavy atom. The van der Waals surface area contributed by atoms with E-state index in [1.165, 1.54) is 13.5 Å². The van der Waals surface area contributed by atoms with E-state index in [-0.39, 0.29) is 23.2 Å². The predicted octanol–water partition coefficient (Wildman–Crippen LogP) is 3.81. The van der Waals surface area contributed by atoms with E-state index in [9.17, 15) is 4.79 Å². The minimum Gasteiger partial charge on any atom is -0.489 e. The molecule has 3 heterocycles. The third-order valence-corrected chi connectivity index (χ3v) is 6.77. The van der Waals surface area contributed by atoms with E-state index < -0.39 is 0 Å². The molecule has 1 aromatic heterocycles. The maximum Gasteiger partial charge on any atom is 0.341 e. The summed E-state index contributed by atoms with van der Waals surface area (Å²) in [6.45, 7) is 2.91. The Bertz CT molecular complexity index is 874. The topological polar surface area (TPSA) is 62.6 Å². The van der Waals surface area contributed by atoms with Crippen molar-refractivity contribution >= 4 is 16.9 Å². The van der Waals surface area contributed by atoms with Gasteiger partial charge in [0.15, 0.2) is 0 Å². The Labute approximate surface area is 158 Å². The van der Waals surface area contributed by atoms with Crippen LogP contribution in [0.15, 0.2) is 18.3 Å². The molecule has 0 atom stereocenters. The van der Waals surface area contributed by atoms with Gasteiger partial charge in [-0.2, -0.15) is 5.10 Å². The summed E-state index contributed by atoms with van der Waals surface area (Å²) in [5.41, 5.74) is 1.29. The molecule has 27 heavy (non-hydrogen) atoms. The van der Waals surface area contributed by atoms with Gasteiger partial charge in [-0.3, -0.25) is 4.68 Å². The van der Waals surface area contributed by atoms with Crippen LogP contribution in [-0.2, 0) is 15.0 Å². The average molecular weight is 370 g/mol. The van der Waals surface area contributed by atoms with E-state index in [2.05, 4.69) is 11.6 Å². The van der Waals surface area contributed by atoms with Crippen molar-refractivity contribution in [2.24, 2.45) is 0 Å². The number of ether oxygens (including phenoxy) is 3. The van der Waals surface area contributed by atoms with Gasteiger partial charge in [-0.25, -0.2) is 4.79 Å². The number of carbonyl (C=O) groups is 1. The predicted molar refractivity (Wildman–Crippen MR) is 100 cm³/mol. The van der Waals surface area contributed by atoms with Crippen LogP contribution in [0.1, 0.15) is 62.2 Å². The first-order chi connectivity index (χ1) is 13.0. The fourth-order valence-electron chi connectivity index (χ4n) is 4.47. The first kappa shape index (κ1) is 17.0. The van der Waals surface area contributed by atoms with Crippen LogP contribution in [0.2, 0.25) is 0 Å². The number of hydrogen-bond acceptors (Lipinski definition) is 5. The molecule has 2 aliphatic heterocycles. The van der Waals surface area contributed by atoms with E-state index in [0.717, 1.165) is 49.4 Å². The maximum atomic E-state index is 12.3. The molecule has 2 aromatic rings. The minimum atomic E-state index is -0.369. The Morgan fingerprint density at radius 3 is 2.63 bits per heavy atom. The van der Waals surface area contributed by atoms with Crippen LogP contribution in [-0.4, -0.2) is 41.2 Å². The summed E-state index contributed by atoms with van der Waals surface area (Å²) in [7, 11) is 1.40. The monoisotopic (exact) mass is 370 g/mol. The smallest absolute Gasteiger partial charge is 0.341 e. The van der Waals surface area contributed by atoms with Crippen molar-refractivity contribution in [3.63, 3.8) is 0 Å². The van der Waals surface area contributed by atoms with Gasteiger partial charge in [-0.05, 0) is 57.9 Å². The van der Waals surface area contributed by atoms with Crippen LogP contribution in [0.4, 0.5) is 0 Å².